The Morgan fingerprint density at radius 3 is 2.71 bits per heavy atom. The number of hydrogen-bond donors (Lipinski definition) is 0. The van der Waals surface area contributed by atoms with Gasteiger partial charge in [0.05, 0.1) is 24.0 Å². The smallest absolute Gasteiger partial charge is 0.167 e. The van der Waals surface area contributed by atoms with Crippen LogP contribution in [0.15, 0.2) is 12.1 Å². The van der Waals surface area contributed by atoms with Gasteiger partial charge in [-0.1, -0.05) is 0 Å². The summed E-state index contributed by atoms with van der Waals surface area (Å²) in [4.78, 5) is 6.57. The number of methoxy groups -OCH3 is 1. The molecule has 1 atom stereocenters. The number of fused-ring (bicyclic) bond motifs is 1. The van der Waals surface area contributed by atoms with Crippen LogP contribution in [0.25, 0.3) is 11.0 Å². The Morgan fingerprint density at radius 1 is 1.43 bits per heavy atom. The second-order valence-electron chi connectivity index (χ2n) is 5.45. The van der Waals surface area contributed by atoms with Gasteiger partial charge in [0.2, 0.25) is 0 Å². The van der Waals surface area contributed by atoms with Gasteiger partial charge in [-0.2, -0.15) is 0 Å². The summed E-state index contributed by atoms with van der Waals surface area (Å²) in [5.74, 6) is 0.872. The van der Waals surface area contributed by atoms with E-state index in [1.165, 1.54) is 13.2 Å². The topological polar surface area (TPSA) is 30.3 Å². The van der Waals surface area contributed by atoms with Gasteiger partial charge in [-0.3, -0.25) is 0 Å². The zero-order chi connectivity index (χ0) is 15.6. The molecule has 0 bridgehead atoms. The minimum atomic E-state index is -0.406. The summed E-state index contributed by atoms with van der Waals surface area (Å²) < 4.78 is 21.0. The van der Waals surface area contributed by atoms with E-state index >= 15 is 0 Å². The molecule has 4 nitrogen and oxygen atoms in total. The predicted octanol–water partition coefficient (Wildman–Crippen LogP) is 3.44. The normalized spacial score (nSPS) is 13.1. The van der Waals surface area contributed by atoms with Crippen LogP contribution in [-0.2, 0) is 5.88 Å². The van der Waals surface area contributed by atoms with Crippen molar-refractivity contribution >= 4 is 22.6 Å². The van der Waals surface area contributed by atoms with Crippen molar-refractivity contribution in [1.82, 2.24) is 14.5 Å². The first-order valence-corrected chi connectivity index (χ1v) is 7.46. The number of nitrogens with zero attached hydrogens (tertiary/aromatic N) is 3. The average Bonchev–Trinajstić information content (AvgIpc) is 2.80. The maximum Gasteiger partial charge on any atom is 0.167 e. The largest absolute Gasteiger partial charge is 0.494 e. The van der Waals surface area contributed by atoms with E-state index in [2.05, 4.69) is 21.4 Å². The van der Waals surface area contributed by atoms with Crippen molar-refractivity contribution in [2.75, 3.05) is 27.7 Å². The molecule has 0 spiro atoms. The first-order valence-electron chi connectivity index (χ1n) is 6.93. The number of rotatable bonds is 6. The predicted molar refractivity (Wildman–Crippen MR) is 83.7 cm³/mol. The molecule has 116 valence electrons. The molecule has 1 heterocycles. The average molecular weight is 314 g/mol. The van der Waals surface area contributed by atoms with Crippen LogP contribution < -0.4 is 4.74 Å². The van der Waals surface area contributed by atoms with Crippen LogP contribution in [0.2, 0.25) is 0 Å². The summed E-state index contributed by atoms with van der Waals surface area (Å²) in [6.45, 7) is 3.08. The molecule has 2 aromatic rings. The maximum absolute atomic E-state index is 13.8. The van der Waals surface area contributed by atoms with Crippen molar-refractivity contribution in [1.29, 1.82) is 0 Å². The Kier molecular flexibility index (Phi) is 5.06. The van der Waals surface area contributed by atoms with Crippen LogP contribution >= 0.6 is 11.6 Å². The lowest BCUT2D eigenvalue weighted by Crippen LogP contribution is -2.18. The monoisotopic (exact) mass is 313 g/mol. The summed E-state index contributed by atoms with van der Waals surface area (Å²) >= 11 is 6.01. The van der Waals surface area contributed by atoms with Gasteiger partial charge in [0.1, 0.15) is 5.82 Å². The van der Waals surface area contributed by atoms with E-state index in [-0.39, 0.29) is 11.8 Å². The first-order chi connectivity index (χ1) is 9.97. The molecule has 1 aromatic heterocycles. The van der Waals surface area contributed by atoms with Crippen molar-refractivity contribution in [2.24, 2.45) is 0 Å². The van der Waals surface area contributed by atoms with E-state index < -0.39 is 5.82 Å². The van der Waals surface area contributed by atoms with E-state index in [0.717, 1.165) is 24.3 Å². The van der Waals surface area contributed by atoms with Gasteiger partial charge in [-0.05, 0) is 34.0 Å². The van der Waals surface area contributed by atoms with Crippen molar-refractivity contribution in [2.45, 2.75) is 25.3 Å². The van der Waals surface area contributed by atoms with Crippen LogP contribution in [0.3, 0.4) is 0 Å². The summed E-state index contributed by atoms with van der Waals surface area (Å²) in [6, 6.07) is 3.32. The second-order valence-corrected chi connectivity index (χ2v) is 5.72. The molecule has 21 heavy (non-hydrogen) atoms. The number of benzene rings is 1. The Bertz CT molecular complexity index is 627. The number of hydrogen-bond acceptors (Lipinski definition) is 3. The number of imidazole rings is 1. The molecule has 2 rings (SSSR count). The molecule has 0 saturated carbocycles. The molecular formula is C15H21ClFN3O. The highest BCUT2D eigenvalue weighted by molar-refractivity contribution is 6.16. The Hall–Kier alpha value is -1.33. The fraction of sp³-hybridized carbons (Fsp3) is 0.533. The summed E-state index contributed by atoms with van der Waals surface area (Å²) in [7, 11) is 5.54. The highest BCUT2D eigenvalue weighted by atomic mass is 35.5. The quantitative estimate of drug-likeness (QED) is 0.765. The van der Waals surface area contributed by atoms with Gasteiger partial charge in [0.25, 0.3) is 0 Å². The Labute approximate surface area is 129 Å². The van der Waals surface area contributed by atoms with Crippen molar-refractivity contribution in [3.63, 3.8) is 0 Å². The zero-order valence-corrected chi connectivity index (χ0v) is 13.6. The lowest BCUT2D eigenvalue weighted by atomic mass is 10.2. The minimum absolute atomic E-state index is 0.223. The van der Waals surface area contributed by atoms with Crippen LogP contribution in [0.5, 0.6) is 5.75 Å². The third-order valence-corrected chi connectivity index (χ3v) is 3.83. The van der Waals surface area contributed by atoms with Gasteiger partial charge >= 0.3 is 0 Å². The molecule has 0 aliphatic rings. The molecule has 1 unspecified atom stereocenters. The van der Waals surface area contributed by atoms with Crippen LogP contribution in [0.1, 0.15) is 25.2 Å². The third-order valence-electron chi connectivity index (χ3n) is 3.59. The summed E-state index contributed by atoms with van der Waals surface area (Å²) in [5.41, 5.74) is 1.47. The molecule has 0 N–H and O–H groups in total. The summed E-state index contributed by atoms with van der Waals surface area (Å²) in [5, 5.41) is 0. The van der Waals surface area contributed by atoms with E-state index in [0.29, 0.717) is 11.4 Å². The minimum Gasteiger partial charge on any atom is -0.494 e. The van der Waals surface area contributed by atoms with Gasteiger partial charge in [-0.25, -0.2) is 9.37 Å². The fourth-order valence-electron chi connectivity index (χ4n) is 2.46. The third kappa shape index (κ3) is 3.30. The van der Waals surface area contributed by atoms with E-state index in [1.807, 2.05) is 14.1 Å². The molecule has 0 aliphatic heterocycles. The molecule has 0 fully saturated rings. The van der Waals surface area contributed by atoms with Crippen LogP contribution in [-0.4, -0.2) is 42.2 Å². The van der Waals surface area contributed by atoms with Crippen LogP contribution in [0, 0.1) is 5.82 Å². The number of alkyl halides is 1. The molecule has 0 radical (unpaired) electrons. The summed E-state index contributed by atoms with van der Waals surface area (Å²) in [6.07, 6.45) is 0.960. The molecule has 0 amide bonds. The van der Waals surface area contributed by atoms with Gasteiger partial charge in [-0.15, -0.1) is 11.6 Å². The SMILES string of the molecule is COc1cc2c(cc1F)nc(CCl)n2C(C)CCN(C)C. The van der Waals surface area contributed by atoms with Gasteiger partial charge < -0.3 is 14.2 Å². The highest BCUT2D eigenvalue weighted by Crippen LogP contribution is 2.29. The van der Waals surface area contributed by atoms with Gasteiger partial charge in [0.15, 0.2) is 11.6 Å². The molecule has 6 heteroatoms. The van der Waals surface area contributed by atoms with Crippen molar-refractivity contribution in [3.8, 4) is 5.75 Å². The highest BCUT2D eigenvalue weighted by Gasteiger charge is 2.18. The van der Waals surface area contributed by atoms with E-state index in [1.54, 1.807) is 6.07 Å². The molecule has 0 aliphatic carbocycles. The second kappa shape index (κ2) is 6.62. The molecule has 1 aromatic carbocycles. The lowest BCUT2D eigenvalue weighted by Gasteiger charge is -2.19. The maximum atomic E-state index is 13.8. The van der Waals surface area contributed by atoms with E-state index in [4.69, 9.17) is 16.3 Å². The Balaban J connectivity index is 2.49. The number of ether oxygens (including phenoxy) is 1. The number of halogens is 2. The molecule has 0 saturated heterocycles. The number of aromatic nitrogens is 2. The van der Waals surface area contributed by atoms with Crippen molar-refractivity contribution < 1.29 is 9.13 Å². The lowest BCUT2D eigenvalue weighted by molar-refractivity contribution is 0.358. The van der Waals surface area contributed by atoms with Gasteiger partial charge in [0, 0.05) is 18.2 Å². The standard InChI is InChI=1S/C15H21ClFN3O/c1-10(5-6-19(2)3)20-13-8-14(21-4)11(17)7-12(13)18-15(20)9-16/h7-8,10H,5-6,9H2,1-4H3. The first kappa shape index (κ1) is 16.0. The van der Waals surface area contributed by atoms with E-state index in [9.17, 15) is 4.39 Å². The fourth-order valence-corrected chi connectivity index (χ4v) is 2.65. The van der Waals surface area contributed by atoms with Crippen LogP contribution in [0.4, 0.5) is 4.39 Å². The Morgan fingerprint density at radius 2 is 2.14 bits per heavy atom. The molecular weight excluding hydrogens is 293 g/mol. The van der Waals surface area contributed by atoms with Crippen molar-refractivity contribution in [3.05, 3.63) is 23.8 Å². The zero-order valence-electron chi connectivity index (χ0n) is 12.9.